The Morgan fingerprint density at radius 2 is 1.89 bits per heavy atom. The molecule has 0 spiro atoms. The van der Waals surface area contributed by atoms with E-state index in [1.807, 2.05) is 12.1 Å². The van der Waals surface area contributed by atoms with Gasteiger partial charge in [0.05, 0.1) is 11.9 Å². The number of hydrogen-bond donors (Lipinski definition) is 3. The average Bonchev–Trinajstić information content (AvgIpc) is 2.72. The van der Waals surface area contributed by atoms with Gasteiger partial charge >= 0.3 is 0 Å². The molecule has 8 heteroatoms. The number of nitrogens with zero attached hydrogens (tertiary/aromatic N) is 3. The summed E-state index contributed by atoms with van der Waals surface area (Å²) in [6.45, 7) is 0.397. The molecule has 27 heavy (non-hydrogen) atoms. The summed E-state index contributed by atoms with van der Waals surface area (Å²) in [6, 6.07) is 10.6. The molecular weight excluding hydrogens is 344 g/mol. The van der Waals surface area contributed by atoms with Gasteiger partial charge in [0.25, 0.3) is 11.8 Å². The Morgan fingerprint density at radius 1 is 1.11 bits per heavy atom. The molecule has 0 saturated carbocycles. The number of rotatable bonds is 5. The molecule has 136 valence electrons. The van der Waals surface area contributed by atoms with Gasteiger partial charge in [-0.25, -0.2) is 9.97 Å². The summed E-state index contributed by atoms with van der Waals surface area (Å²) in [4.78, 5) is 36.5. The largest absolute Gasteiger partial charge is 0.382 e. The van der Waals surface area contributed by atoms with Gasteiger partial charge in [0.15, 0.2) is 11.5 Å². The van der Waals surface area contributed by atoms with Gasteiger partial charge in [-0.3, -0.25) is 14.6 Å². The third kappa shape index (κ3) is 4.24. The Hall–Kier alpha value is -3.81. The fraction of sp³-hybridized carbons (Fsp3) is 0.105. The van der Waals surface area contributed by atoms with Gasteiger partial charge in [-0.05, 0) is 29.8 Å². The predicted octanol–water partition coefficient (Wildman–Crippen LogP) is 1.41. The van der Waals surface area contributed by atoms with Crippen molar-refractivity contribution in [2.45, 2.75) is 6.54 Å². The van der Waals surface area contributed by atoms with Gasteiger partial charge < -0.3 is 16.4 Å². The smallest absolute Gasteiger partial charge is 0.273 e. The molecule has 1 aromatic carbocycles. The van der Waals surface area contributed by atoms with E-state index in [0.29, 0.717) is 23.4 Å². The minimum absolute atomic E-state index is 0.0440. The third-order valence-corrected chi connectivity index (χ3v) is 3.87. The van der Waals surface area contributed by atoms with E-state index in [1.54, 1.807) is 36.7 Å². The van der Waals surface area contributed by atoms with Crippen LogP contribution in [0.15, 0.2) is 55.0 Å². The van der Waals surface area contributed by atoms with E-state index in [4.69, 9.17) is 5.73 Å². The number of nitrogens with two attached hydrogens (primary N) is 1. The van der Waals surface area contributed by atoms with E-state index in [-0.39, 0.29) is 17.4 Å². The molecule has 2 amide bonds. The molecule has 0 fully saturated rings. The molecule has 0 bridgehead atoms. The molecule has 2 aromatic heterocycles. The lowest BCUT2D eigenvalue weighted by molar-refractivity contribution is 0.0945. The number of aromatic nitrogens is 3. The molecule has 0 radical (unpaired) electrons. The molecule has 8 nitrogen and oxygen atoms in total. The van der Waals surface area contributed by atoms with Crippen LogP contribution in [0.5, 0.6) is 0 Å². The second kappa shape index (κ2) is 8.05. The maximum absolute atomic E-state index is 12.4. The van der Waals surface area contributed by atoms with E-state index in [1.165, 1.54) is 13.2 Å². The number of nitrogens with one attached hydrogen (secondary N) is 2. The summed E-state index contributed by atoms with van der Waals surface area (Å²) in [5, 5.41) is 5.33. The lowest BCUT2D eigenvalue weighted by Gasteiger charge is -2.08. The molecule has 0 aliphatic carbocycles. The maximum atomic E-state index is 12.4. The van der Waals surface area contributed by atoms with E-state index < -0.39 is 5.91 Å². The van der Waals surface area contributed by atoms with Crippen molar-refractivity contribution in [1.29, 1.82) is 0 Å². The minimum atomic E-state index is -0.423. The highest BCUT2D eigenvalue weighted by Gasteiger charge is 2.14. The van der Waals surface area contributed by atoms with Crippen LogP contribution in [0.2, 0.25) is 0 Å². The Morgan fingerprint density at radius 3 is 2.63 bits per heavy atom. The summed E-state index contributed by atoms with van der Waals surface area (Å²) in [7, 11) is 1.49. The highest BCUT2D eigenvalue weighted by molar-refractivity contribution is 5.97. The number of carbonyl (C=O) groups excluding carboxylic acids is 2. The maximum Gasteiger partial charge on any atom is 0.273 e. The number of anilines is 1. The molecule has 2 heterocycles. The van der Waals surface area contributed by atoms with Crippen molar-refractivity contribution in [1.82, 2.24) is 25.6 Å². The van der Waals surface area contributed by atoms with Gasteiger partial charge in [-0.15, -0.1) is 0 Å². The van der Waals surface area contributed by atoms with E-state index >= 15 is 0 Å². The van der Waals surface area contributed by atoms with Crippen molar-refractivity contribution in [3.63, 3.8) is 0 Å². The van der Waals surface area contributed by atoms with Crippen LogP contribution in [0, 0.1) is 0 Å². The lowest BCUT2D eigenvalue weighted by Crippen LogP contribution is -2.23. The molecule has 0 unspecified atom stereocenters. The van der Waals surface area contributed by atoms with Crippen molar-refractivity contribution >= 4 is 17.6 Å². The molecule has 0 atom stereocenters. The van der Waals surface area contributed by atoms with Crippen LogP contribution in [0.1, 0.15) is 26.4 Å². The van der Waals surface area contributed by atoms with Crippen molar-refractivity contribution < 1.29 is 9.59 Å². The van der Waals surface area contributed by atoms with Crippen LogP contribution in [0.25, 0.3) is 11.3 Å². The minimum Gasteiger partial charge on any atom is -0.382 e. The molecule has 0 aliphatic heterocycles. The van der Waals surface area contributed by atoms with Crippen molar-refractivity contribution in [3.05, 3.63) is 71.8 Å². The summed E-state index contributed by atoms with van der Waals surface area (Å²) in [6.07, 6.45) is 4.81. The van der Waals surface area contributed by atoms with Gasteiger partial charge in [0, 0.05) is 37.1 Å². The number of hydrogen-bond acceptors (Lipinski definition) is 6. The van der Waals surface area contributed by atoms with Crippen molar-refractivity contribution in [3.8, 4) is 11.3 Å². The van der Waals surface area contributed by atoms with Crippen molar-refractivity contribution in [2.24, 2.45) is 0 Å². The van der Waals surface area contributed by atoms with Gasteiger partial charge in [0.2, 0.25) is 0 Å². The zero-order valence-corrected chi connectivity index (χ0v) is 14.6. The topological polar surface area (TPSA) is 123 Å². The van der Waals surface area contributed by atoms with Crippen LogP contribution in [0.3, 0.4) is 0 Å². The first kappa shape index (κ1) is 18.0. The molecule has 3 aromatic rings. The number of nitrogen functional groups attached to an aromatic ring is 1. The highest BCUT2D eigenvalue weighted by Crippen LogP contribution is 2.20. The van der Waals surface area contributed by atoms with Crippen LogP contribution in [-0.2, 0) is 6.54 Å². The highest BCUT2D eigenvalue weighted by atomic mass is 16.2. The first-order valence-electron chi connectivity index (χ1n) is 8.20. The summed E-state index contributed by atoms with van der Waals surface area (Å²) in [5.41, 5.74) is 8.29. The zero-order valence-electron chi connectivity index (χ0n) is 14.6. The van der Waals surface area contributed by atoms with Crippen LogP contribution < -0.4 is 16.4 Å². The summed E-state index contributed by atoms with van der Waals surface area (Å²) >= 11 is 0. The second-order valence-electron chi connectivity index (χ2n) is 5.69. The molecule has 0 saturated heterocycles. The Bertz CT molecular complexity index is 975. The van der Waals surface area contributed by atoms with Gasteiger partial charge in [-0.2, -0.15) is 0 Å². The van der Waals surface area contributed by atoms with E-state index in [2.05, 4.69) is 25.6 Å². The van der Waals surface area contributed by atoms with Gasteiger partial charge in [-0.1, -0.05) is 12.1 Å². The quantitative estimate of drug-likeness (QED) is 0.631. The number of amides is 2. The average molecular weight is 362 g/mol. The SMILES string of the molecule is CNC(=O)c1nc(-c2cccc(C(=O)NCc3ccncc3)c2)cnc1N. The molecular formula is C19H18N6O2. The van der Waals surface area contributed by atoms with Crippen molar-refractivity contribution in [2.75, 3.05) is 12.8 Å². The molecule has 3 rings (SSSR count). The third-order valence-electron chi connectivity index (χ3n) is 3.87. The van der Waals surface area contributed by atoms with E-state index in [9.17, 15) is 9.59 Å². The first-order valence-corrected chi connectivity index (χ1v) is 8.20. The number of benzene rings is 1. The Balaban J connectivity index is 1.81. The summed E-state index contributed by atoms with van der Waals surface area (Å²) < 4.78 is 0. The normalized spacial score (nSPS) is 10.3. The standard InChI is InChI=1S/C19H18N6O2/c1-21-19(27)16-17(20)23-11-15(25-16)13-3-2-4-14(9-13)18(26)24-10-12-5-7-22-8-6-12/h2-9,11H,10H2,1H3,(H2,20,23)(H,21,27)(H,24,26). The molecule has 0 aliphatic rings. The first-order chi connectivity index (χ1) is 13.1. The van der Waals surface area contributed by atoms with Crippen LogP contribution in [0.4, 0.5) is 5.82 Å². The van der Waals surface area contributed by atoms with E-state index in [0.717, 1.165) is 5.56 Å². The zero-order chi connectivity index (χ0) is 19.2. The lowest BCUT2D eigenvalue weighted by atomic mass is 10.1. The fourth-order valence-electron chi connectivity index (χ4n) is 2.43. The summed E-state index contributed by atoms with van der Waals surface area (Å²) in [5.74, 6) is -0.596. The van der Waals surface area contributed by atoms with Gasteiger partial charge in [0.1, 0.15) is 0 Å². The predicted molar refractivity (Wildman–Crippen MR) is 101 cm³/mol. The number of carbonyl (C=O) groups is 2. The Labute approximate surface area is 155 Å². The molecule has 4 N–H and O–H groups in total. The second-order valence-corrected chi connectivity index (χ2v) is 5.69. The number of pyridine rings is 1. The van der Waals surface area contributed by atoms with Crippen LogP contribution in [-0.4, -0.2) is 33.8 Å². The van der Waals surface area contributed by atoms with Crippen LogP contribution >= 0.6 is 0 Å². The fourth-order valence-corrected chi connectivity index (χ4v) is 2.43. The Kier molecular flexibility index (Phi) is 5.36. The monoisotopic (exact) mass is 362 g/mol.